The number of nitrogens with one attached hydrogen (secondary N) is 2. The van der Waals surface area contributed by atoms with Crippen molar-refractivity contribution in [2.24, 2.45) is 5.73 Å². The molecule has 0 aromatic heterocycles. The Morgan fingerprint density at radius 3 is 2.17 bits per heavy atom. The van der Waals surface area contributed by atoms with Gasteiger partial charge in [0.1, 0.15) is 12.6 Å². The standard InChI is InChI=1S/C22H27N3O5/c23-21(28)19(12-11-16-7-3-1-4-8-16)25-20(27)13-18(26)14-24-22(29)30-15-17-9-5-2-6-10-17/h1-10,18-19,26H,11-15H2,(H2,23,28)(H,24,29)(H,25,27)/t18-,19+/m0/s1. The number of carbonyl (C=O) groups is 3. The van der Waals surface area contributed by atoms with Crippen molar-refractivity contribution in [1.82, 2.24) is 10.6 Å². The van der Waals surface area contributed by atoms with E-state index in [1.165, 1.54) is 0 Å². The van der Waals surface area contributed by atoms with Crippen LogP contribution in [0.1, 0.15) is 24.0 Å². The Morgan fingerprint density at radius 2 is 1.57 bits per heavy atom. The average Bonchev–Trinajstić information content (AvgIpc) is 2.75. The van der Waals surface area contributed by atoms with Gasteiger partial charge in [-0.25, -0.2) is 4.79 Å². The monoisotopic (exact) mass is 413 g/mol. The number of aliphatic hydroxyl groups excluding tert-OH is 1. The van der Waals surface area contributed by atoms with E-state index in [9.17, 15) is 19.5 Å². The zero-order valence-electron chi connectivity index (χ0n) is 16.6. The molecule has 0 spiro atoms. The van der Waals surface area contributed by atoms with Crippen molar-refractivity contribution in [3.05, 3.63) is 71.8 Å². The second-order valence-electron chi connectivity index (χ2n) is 6.85. The van der Waals surface area contributed by atoms with Crippen LogP contribution in [0.5, 0.6) is 0 Å². The van der Waals surface area contributed by atoms with Crippen LogP contribution >= 0.6 is 0 Å². The van der Waals surface area contributed by atoms with E-state index in [1.807, 2.05) is 60.7 Å². The summed E-state index contributed by atoms with van der Waals surface area (Å²) in [5.74, 6) is -1.17. The van der Waals surface area contributed by atoms with E-state index < -0.39 is 30.1 Å². The van der Waals surface area contributed by atoms with Gasteiger partial charge in [0.15, 0.2) is 0 Å². The quantitative estimate of drug-likeness (QED) is 0.441. The zero-order valence-corrected chi connectivity index (χ0v) is 16.6. The third-order valence-electron chi connectivity index (χ3n) is 4.36. The third kappa shape index (κ3) is 8.74. The van der Waals surface area contributed by atoms with Crippen molar-refractivity contribution in [1.29, 1.82) is 0 Å². The van der Waals surface area contributed by atoms with Gasteiger partial charge >= 0.3 is 6.09 Å². The van der Waals surface area contributed by atoms with Gasteiger partial charge < -0.3 is 26.2 Å². The van der Waals surface area contributed by atoms with Gasteiger partial charge in [0.25, 0.3) is 0 Å². The lowest BCUT2D eigenvalue weighted by atomic mass is 10.0. The Kier molecular flexibility index (Phi) is 9.33. The Balaban J connectivity index is 1.68. The van der Waals surface area contributed by atoms with Crippen LogP contribution in [0.15, 0.2) is 60.7 Å². The molecule has 0 bridgehead atoms. The molecule has 0 aliphatic heterocycles. The number of primary amides is 1. The number of aryl methyl sites for hydroxylation is 1. The summed E-state index contributed by atoms with van der Waals surface area (Å²) in [4.78, 5) is 35.4. The second-order valence-corrected chi connectivity index (χ2v) is 6.85. The minimum absolute atomic E-state index is 0.102. The van der Waals surface area contributed by atoms with Gasteiger partial charge in [0.05, 0.1) is 12.5 Å². The molecule has 3 amide bonds. The van der Waals surface area contributed by atoms with Crippen LogP contribution in [0.4, 0.5) is 4.79 Å². The molecule has 8 nitrogen and oxygen atoms in total. The van der Waals surface area contributed by atoms with E-state index >= 15 is 0 Å². The highest BCUT2D eigenvalue weighted by molar-refractivity contribution is 5.86. The van der Waals surface area contributed by atoms with Crippen LogP contribution in [-0.4, -0.2) is 41.7 Å². The highest BCUT2D eigenvalue weighted by Crippen LogP contribution is 2.06. The fraction of sp³-hybridized carbons (Fsp3) is 0.318. The van der Waals surface area contributed by atoms with Crippen molar-refractivity contribution in [3.8, 4) is 0 Å². The Hall–Kier alpha value is -3.39. The molecule has 8 heteroatoms. The molecule has 0 fully saturated rings. The van der Waals surface area contributed by atoms with Crippen molar-refractivity contribution in [2.45, 2.75) is 38.0 Å². The van der Waals surface area contributed by atoms with Crippen LogP contribution in [-0.2, 0) is 27.4 Å². The molecular weight excluding hydrogens is 386 g/mol. The Labute approximate surface area is 175 Å². The number of amides is 3. The third-order valence-corrected chi connectivity index (χ3v) is 4.36. The van der Waals surface area contributed by atoms with E-state index in [2.05, 4.69) is 10.6 Å². The molecular formula is C22H27N3O5. The Bertz CT molecular complexity index is 814. The maximum Gasteiger partial charge on any atom is 0.407 e. The molecule has 0 saturated carbocycles. The number of rotatable bonds is 11. The molecule has 5 N–H and O–H groups in total. The van der Waals surface area contributed by atoms with E-state index in [-0.39, 0.29) is 19.6 Å². The number of hydrogen-bond donors (Lipinski definition) is 4. The SMILES string of the molecule is NC(=O)[C@@H](CCc1ccccc1)NC(=O)C[C@H](O)CNC(=O)OCc1ccccc1. The van der Waals surface area contributed by atoms with Crippen LogP contribution in [0.3, 0.4) is 0 Å². The summed E-state index contributed by atoms with van der Waals surface area (Å²) >= 11 is 0. The largest absolute Gasteiger partial charge is 0.445 e. The van der Waals surface area contributed by atoms with Crippen molar-refractivity contribution in [2.75, 3.05) is 6.54 Å². The molecule has 2 rings (SSSR count). The van der Waals surface area contributed by atoms with Crippen LogP contribution in [0.25, 0.3) is 0 Å². The van der Waals surface area contributed by atoms with Gasteiger partial charge in [-0.05, 0) is 24.0 Å². The van der Waals surface area contributed by atoms with Crippen LogP contribution in [0, 0.1) is 0 Å². The number of alkyl carbamates (subject to hydrolysis) is 1. The molecule has 0 unspecified atom stereocenters. The maximum absolute atomic E-state index is 12.1. The number of ether oxygens (including phenoxy) is 1. The number of carbonyl (C=O) groups excluding carboxylic acids is 3. The van der Waals surface area contributed by atoms with E-state index in [0.717, 1.165) is 11.1 Å². The first-order chi connectivity index (χ1) is 14.4. The second kappa shape index (κ2) is 12.2. The van der Waals surface area contributed by atoms with Gasteiger partial charge in [-0.1, -0.05) is 60.7 Å². The lowest BCUT2D eigenvalue weighted by Crippen LogP contribution is -2.46. The van der Waals surface area contributed by atoms with Gasteiger partial charge in [-0.15, -0.1) is 0 Å². The zero-order chi connectivity index (χ0) is 21.8. The number of aliphatic hydroxyl groups is 1. The molecule has 2 aromatic rings. The summed E-state index contributed by atoms with van der Waals surface area (Å²) in [5.41, 5.74) is 7.23. The number of benzene rings is 2. The predicted octanol–water partition coefficient (Wildman–Crippen LogP) is 1.27. The summed E-state index contributed by atoms with van der Waals surface area (Å²) in [6.07, 6.45) is -1.18. The molecule has 30 heavy (non-hydrogen) atoms. The fourth-order valence-corrected chi connectivity index (χ4v) is 2.76. The minimum Gasteiger partial charge on any atom is -0.445 e. The van der Waals surface area contributed by atoms with Gasteiger partial charge in [0, 0.05) is 6.54 Å². The highest BCUT2D eigenvalue weighted by atomic mass is 16.5. The molecule has 2 atom stereocenters. The lowest BCUT2D eigenvalue weighted by Gasteiger charge is -2.17. The first-order valence-electron chi connectivity index (χ1n) is 9.69. The summed E-state index contributed by atoms with van der Waals surface area (Å²) in [7, 11) is 0. The molecule has 160 valence electrons. The van der Waals surface area contributed by atoms with E-state index in [4.69, 9.17) is 10.5 Å². The normalized spacial score (nSPS) is 12.4. The molecule has 0 aliphatic rings. The Morgan fingerprint density at radius 1 is 0.967 bits per heavy atom. The molecule has 2 aromatic carbocycles. The van der Waals surface area contributed by atoms with Crippen molar-refractivity contribution < 1.29 is 24.2 Å². The fourth-order valence-electron chi connectivity index (χ4n) is 2.76. The summed E-state index contributed by atoms with van der Waals surface area (Å²) in [6, 6.07) is 17.8. The first kappa shape index (κ1) is 22.9. The smallest absolute Gasteiger partial charge is 0.407 e. The lowest BCUT2D eigenvalue weighted by molar-refractivity contribution is -0.128. The van der Waals surface area contributed by atoms with Crippen LogP contribution in [0.2, 0.25) is 0 Å². The topological polar surface area (TPSA) is 131 Å². The van der Waals surface area contributed by atoms with Gasteiger partial charge in [-0.2, -0.15) is 0 Å². The average molecular weight is 413 g/mol. The first-order valence-corrected chi connectivity index (χ1v) is 9.69. The molecule has 0 heterocycles. The van der Waals surface area contributed by atoms with Crippen molar-refractivity contribution >= 4 is 17.9 Å². The maximum atomic E-state index is 12.1. The highest BCUT2D eigenvalue weighted by Gasteiger charge is 2.20. The summed E-state index contributed by atoms with van der Waals surface area (Å²) in [6.45, 7) is -0.0583. The molecule has 0 saturated heterocycles. The van der Waals surface area contributed by atoms with E-state index in [1.54, 1.807) is 0 Å². The van der Waals surface area contributed by atoms with Gasteiger partial charge in [0.2, 0.25) is 11.8 Å². The van der Waals surface area contributed by atoms with Crippen molar-refractivity contribution in [3.63, 3.8) is 0 Å². The summed E-state index contributed by atoms with van der Waals surface area (Å²) in [5, 5.41) is 14.9. The predicted molar refractivity (Wildman–Crippen MR) is 111 cm³/mol. The number of hydrogen-bond acceptors (Lipinski definition) is 5. The van der Waals surface area contributed by atoms with Gasteiger partial charge in [-0.3, -0.25) is 9.59 Å². The summed E-state index contributed by atoms with van der Waals surface area (Å²) < 4.78 is 5.03. The number of nitrogens with two attached hydrogens (primary N) is 1. The van der Waals surface area contributed by atoms with Crippen LogP contribution < -0.4 is 16.4 Å². The molecule has 0 aliphatic carbocycles. The van der Waals surface area contributed by atoms with E-state index in [0.29, 0.717) is 12.8 Å². The molecule has 0 radical (unpaired) electrons. The minimum atomic E-state index is -1.13.